The van der Waals surface area contributed by atoms with Crippen molar-refractivity contribution in [2.75, 3.05) is 12.4 Å². The van der Waals surface area contributed by atoms with Gasteiger partial charge in [0.05, 0.1) is 12.1 Å². The summed E-state index contributed by atoms with van der Waals surface area (Å²) in [6.45, 7) is 6.09. The molecule has 5 nitrogen and oxygen atoms in total. The van der Waals surface area contributed by atoms with Gasteiger partial charge in [-0.3, -0.25) is 4.79 Å². The first-order valence-electron chi connectivity index (χ1n) is 10.8. The molecular weight excluding hydrogens is 489 g/mol. The Balaban J connectivity index is 2.22. The Morgan fingerprint density at radius 3 is 2.35 bits per heavy atom. The number of carbonyl (C=O) groups excluding carboxylic acids is 2. The molecular formula is C24H28ClF3N2O3S. The molecule has 34 heavy (non-hydrogen) atoms. The summed E-state index contributed by atoms with van der Waals surface area (Å²) < 4.78 is 44.8. The van der Waals surface area contributed by atoms with Gasteiger partial charge >= 0.3 is 6.09 Å². The number of hydrogen-bond donors (Lipinski definition) is 2. The third kappa shape index (κ3) is 7.84. The Morgan fingerprint density at radius 2 is 1.76 bits per heavy atom. The van der Waals surface area contributed by atoms with Crippen molar-refractivity contribution in [1.82, 2.24) is 5.32 Å². The van der Waals surface area contributed by atoms with E-state index in [1.807, 2.05) is 6.92 Å². The number of thioether (sulfide) groups is 1. The van der Waals surface area contributed by atoms with Crippen molar-refractivity contribution in [1.29, 1.82) is 0 Å². The summed E-state index contributed by atoms with van der Waals surface area (Å²) in [5, 5.41) is 5.66. The van der Waals surface area contributed by atoms with Crippen molar-refractivity contribution in [2.24, 2.45) is 5.92 Å². The molecule has 0 saturated carbocycles. The van der Waals surface area contributed by atoms with Crippen LogP contribution >= 0.6 is 23.4 Å². The molecule has 0 spiro atoms. The monoisotopic (exact) mass is 516 g/mol. The van der Waals surface area contributed by atoms with Crippen LogP contribution in [-0.4, -0.2) is 30.4 Å². The molecule has 0 aromatic heterocycles. The van der Waals surface area contributed by atoms with Crippen LogP contribution in [0.4, 0.5) is 23.7 Å². The Kier molecular flexibility index (Phi) is 10.6. The molecule has 0 aliphatic rings. The molecule has 186 valence electrons. The maximum absolute atomic E-state index is 13.5. The highest BCUT2D eigenvalue weighted by atomic mass is 35.5. The predicted octanol–water partition coefficient (Wildman–Crippen LogP) is 7.04. The summed E-state index contributed by atoms with van der Waals surface area (Å²) in [5.41, 5.74) is 0.0161. The number of hydrogen-bond acceptors (Lipinski definition) is 4. The Bertz CT molecular complexity index is 1000. The Morgan fingerprint density at radius 1 is 1.12 bits per heavy atom. The summed E-state index contributed by atoms with van der Waals surface area (Å²) in [6, 6.07) is 5.92. The average Bonchev–Trinajstić information content (AvgIpc) is 2.78. The van der Waals surface area contributed by atoms with Gasteiger partial charge in [-0.25, -0.2) is 18.0 Å². The summed E-state index contributed by atoms with van der Waals surface area (Å²) >= 11 is 7.90. The first-order valence-corrected chi connectivity index (χ1v) is 12.1. The summed E-state index contributed by atoms with van der Waals surface area (Å²) in [5.74, 6) is -4.74. The first kappa shape index (κ1) is 27.9. The lowest BCUT2D eigenvalue weighted by Gasteiger charge is -2.27. The van der Waals surface area contributed by atoms with Crippen LogP contribution in [0.1, 0.15) is 50.4 Å². The molecule has 0 radical (unpaired) electrons. The van der Waals surface area contributed by atoms with Gasteiger partial charge in [-0.1, -0.05) is 31.9 Å². The Labute approximate surface area is 206 Å². The van der Waals surface area contributed by atoms with Crippen molar-refractivity contribution in [3.63, 3.8) is 0 Å². The van der Waals surface area contributed by atoms with Gasteiger partial charge in [-0.05, 0) is 43.9 Å². The standard InChI is InChI=1S/C24H28ClF3N2O3S/c1-5-6-13(2)20(9-14(3)29-24(32)33-4)34-21-10-15(7-8-17(21)25)23(31)30-16-11-18(26)22(28)19(27)12-16/h7-8,10-14,20H,5-6,9H2,1-4H3,(H,29,32)(H,30,31). The van der Waals surface area contributed by atoms with Gasteiger partial charge in [0.1, 0.15) is 0 Å². The van der Waals surface area contributed by atoms with Gasteiger partial charge in [0.2, 0.25) is 0 Å². The topological polar surface area (TPSA) is 67.4 Å². The molecule has 2 aromatic carbocycles. The van der Waals surface area contributed by atoms with Gasteiger partial charge < -0.3 is 15.4 Å². The van der Waals surface area contributed by atoms with Crippen LogP contribution < -0.4 is 10.6 Å². The van der Waals surface area contributed by atoms with E-state index >= 15 is 0 Å². The average molecular weight is 517 g/mol. The zero-order chi connectivity index (χ0) is 25.4. The van der Waals surface area contributed by atoms with E-state index in [9.17, 15) is 22.8 Å². The van der Waals surface area contributed by atoms with Crippen LogP contribution in [0, 0.1) is 23.4 Å². The molecule has 2 aromatic rings. The largest absolute Gasteiger partial charge is 0.453 e. The fourth-order valence-electron chi connectivity index (χ4n) is 3.43. The van der Waals surface area contributed by atoms with Crippen LogP contribution in [0.3, 0.4) is 0 Å². The maximum Gasteiger partial charge on any atom is 0.407 e. The van der Waals surface area contributed by atoms with Gasteiger partial charge in [0.15, 0.2) is 17.5 Å². The SMILES string of the molecule is CCCC(C)C(CC(C)NC(=O)OC)Sc1cc(C(=O)Nc2cc(F)c(F)c(F)c2)ccc1Cl. The smallest absolute Gasteiger partial charge is 0.407 e. The molecule has 0 bridgehead atoms. The van der Waals surface area contributed by atoms with Crippen molar-refractivity contribution >= 4 is 41.1 Å². The van der Waals surface area contributed by atoms with E-state index in [0.717, 1.165) is 12.8 Å². The molecule has 0 saturated heterocycles. The number of nitrogens with one attached hydrogen (secondary N) is 2. The molecule has 10 heteroatoms. The fourth-order valence-corrected chi connectivity index (χ4v) is 5.14. The summed E-state index contributed by atoms with van der Waals surface area (Å²) in [7, 11) is 1.30. The minimum Gasteiger partial charge on any atom is -0.453 e. The van der Waals surface area contributed by atoms with Crippen LogP contribution in [0.5, 0.6) is 0 Å². The lowest BCUT2D eigenvalue weighted by atomic mass is 9.97. The van der Waals surface area contributed by atoms with Crippen LogP contribution in [-0.2, 0) is 4.74 Å². The van der Waals surface area contributed by atoms with E-state index in [0.29, 0.717) is 28.5 Å². The van der Waals surface area contributed by atoms with E-state index in [4.69, 9.17) is 11.6 Å². The number of benzene rings is 2. The molecule has 3 unspecified atom stereocenters. The van der Waals surface area contributed by atoms with Crippen molar-refractivity contribution in [3.8, 4) is 0 Å². The molecule has 3 atom stereocenters. The lowest BCUT2D eigenvalue weighted by Crippen LogP contribution is -2.35. The highest BCUT2D eigenvalue weighted by Crippen LogP contribution is 2.37. The minimum atomic E-state index is -1.61. The first-order chi connectivity index (χ1) is 16.0. The van der Waals surface area contributed by atoms with E-state index in [1.54, 1.807) is 12.1 Å². The number of alkyl carbamates (subject to hydrolysis) is 1. The van der Waals surface area contributed by atoms with Crippen molar-refractivity contribution in [3.05, 3.63) is 58.4 Å². The Hall–Kier alpha value is -2.39. The van der Waals surface area contributed by atoms with E-state index in [2.05, 4.69) is 29.2 Å². The molecule has 0 fully saturated rings. The highest BCUT2D eigenvalue weighted by Gasteiger charge is 2.23. The number of amides is 2. The quantitative estimate of drug-likeness (QED) is 0.262. The predicted molar refractivity (Wildman–Crippen MR) is 129 cm³/mol. The molecule has 0 aliphatic heterocycles. The molecule has 2 rings (SSSR count). The fraction of sp³-hybridized carbons (Fsp3) is 0.417. The normalized spacial score (nSPS) is 13.6. The number of anilines is 1. The second-order valence-corrected chi connectivity index (χ2v) is 9.74. The maximum atomic E-state index is 13.5. The molecule has 0 aliphatic carbocycles. The van der Waals surface area contributed by atoms with Crippen LogP contribution in [0.25, 0.3) is 0 Å². The number of methoxy groups -OCH3 is 1. The van der Waals surface area contributed by atoms with Crippen LogP contribution in [0.2, 0.25) is 5.02 Å². The van der Waals surface area contributed by atoms with E-state index < -0.39 is 29.5 Å². The number of halogens is 4. The highest BCUT2D eigenvalue weighted by molar-refractivity contribution is 8.00. The molecule has 2 amide bonds. The number of rotatable bonds is 10. The number of ether oxygens (including phenoxy) is 1. The van der Waals surface area contributed by atoms with Crippen molar-refractivity contribution in [2.45, 2.75) is 56.2 Å². The zero-order valence-corrected chi connectivity index (χ0v) is 21.0. The third-order valence-corrected chi connectivity index (χ3v) is 7.22. The minimum absolute atomic E-state index is 0.0724. The van der Waals surface area contributed by atoms with Gasteiger partial charge in [-0.15, -0.1) is 11.8 Å². The van der Waals surface area contributed by atoms with E-state index in [-0.39, 0.29) is 28.5 Å². The zero-order valence-electron chi connectivity index (χ0n) is 19.4. The van der Waals surface area contributed by atoms with Crippen LogP contribution in [0.15, 0.2) is 35.2 Å². The van der Waals surface area contributed by atoms with Gasteiger partial charge in [-0.2, -0.15) is 0 Å². The summed E-state index contributed by atoms with van der Waals surface area (Å²) in [6.07, 6.45) is 2.08. The van der Waals surface area contributed by atoms with Crippen molar-refractivity contribution < 1.29 is 27.5 Å². The second-order valence-electron chi connectivity index (χ2n) is 8.05. The van der Waals surface area contributed by atoms with Gasteiger partial charge in [0, 0.05) is 39.6 Å². The second kappa shape index (κ2) is 12.9. The van der Waals surface area contributed by atoms with Gasteiger partial charge in [0.25, 0.3) is 5.91 Å². The van der Waals surface area contributed by atoms with E-state index in [1.165, 1.54) is 24.9 Å². The molecule has 2 N–H and O–H groups in total. The third-order valence-electron chi connectivity index (χ3n) is 5.23. The summed E-state index contributed by atoms with van der Waals surface area (Å²) in [4.78, 5) is 24.9. The molecule has 0 heterocycles. The number of carbonyl (C=O) groups is 2. The lowest BCUT2D eigenvalue weighted by molar-refractivity contribution is 0.102.